The normalized spacial score (nSPS) is 10.8. The monoisotopic (exact) mass is 327 g/mol. The molecule has 0 aliphatic rings. The Balaban J connectivity index is 1.70. The average Bonchev–Trinajstić information content (AvgIpc) is 3.16. The largest absolute Gasteiger partial charge is 0.319 e. The number of benzene rings is 1. The van der Waals surface area contributed by atoms with Crippen molar-refractivity contribution in [2.24, 2.45) is 0 Å². The van der Waals surface area contributed by atoms with E-state index in [4.69, 9.17) is 0 Å². The van der Waals surface area contributed by atoms with Crippen LogP contribution in [0.4, 0.5) is 10.1 Å². The van der Waals surface area contributed by atoms with Crippen molar-refractivity contribution >= 4 is 11.6 Å². The van der Waals surface area contributed by atoms with Crippen molar-refractivity contribution < 1.29 is 9.18 Å². The molecule has 0 radical (unpaired) electrons. The van der Waals surface area contributed by atoms with E-state index in [1.165, 1.54) is 6.07 Å². The molecule has 1 N–H and O–H groups in total. The molecule has 1 aromatic carbocycles. The number of carbonyl (C=O) groups excluding carboxylic acids is 1. The van der Waals surface area contributed by atoms with Crippen molar-refractivity contribution in [3.05, 3.63) is 65.5 Å². The summed E-state index contributed by atoms with van der Waals surface area (Å²) >= 11 is 0. The molecule has 0 aliphatic carbocycles. The van der Waals surface area contributed by atoms with E-state index in [0.29, 0.717) is 35.6 Å². The van der Waals surface area contributed by atoms with Crippen LogP contribution in [-0.4, -0.2) is 25.5 Å². The maximum absolute atomic E-state index is 13.7. The Bertz CT molecular complexity index is 868. The fourth-order valence-electron chi connectivity index (χ4n) is 2.42. The predicted octanol–water partition coefficient (Wildman–Crippen LogP) is 2.85. The molecule has 0 fully saturated rings. The molecule has 124 valence electrons. The maximum Gasteiger partial charge on any atom is 0.259 e. The first-order valence-electron chi connectivity index (χ1n) is 7.68. The van der Waals surface area contributed by atoms with Crippen LogP contribution in [0.15, 0.2) is 42.9 Å². The number of halogens is 1. The van der Waals surface area contributed by atoms with Gasteiger partial charge in [-0.15, -0.1) is 0 Å². The molecule has 24 heavy (non-hydrogen) atoms. The van der Waals surface area contributed by atoms with Gasteiger partial charge in [0.1, 0.15) is 5.82 Å². The van der Waals surface area contributed by atoms with Crippen LogP contribution in [0.3, 0.4) is 0 Å². The van der Waals surface area contributed by atoms with E-state index >= 15 is 0 Å². The van der Waals surface area contributed by atoms with E-state index in [9.17, 15) is 9.18 Å². The van der Waals surface area contributed by atoms with E-state index in [0.717, 1.165) is 0 Å². The lowest BCUT2D eigenvalue weighted by atomic mass is 10.2. The Kier molecular flexibility index (Phi) is 4.41. The van der Waals surface area contributed by atoms with Crippen LogP contribution >= 0.6 is 0 Å². The minimum Gasteiger partial charge on any atom is -0.319 e. The van der Waals surface area contributed by atoms with Gasteiger partial charge >= 0.3 is 0 Å². The van der Waals surface area contributed by atoms with Gasteiger partial charge in [-0.1, -0.05) is 18.2 Å². The van der Waals surface area contributed by atoms with Crippen molar-refractivity contribution in [1.82, 2.24) is 19.6 Å². The van der Waals surface area contributed by atoms with E-state index in [-0.39, 0.29) is 11.7 Å². The highest BCUT2D eigenvalue weighted by Crippen LogP contribution is 2.13. The molecular weight excluding hydrogens is 309 g/mol. The van der Waals surface area contributed by atoms with Crippen LogP contribution in [0.1, 0.15) is 28.5 Å². The number of aryl methyl sites for hydroxylation is 2. The molecule has 2 heterocycles. The molecule has 0 saturated carbocycles. The minimum absolute atomic E-state index is 0.238. The third kappa shape index (κ3) is 3.34. The average molecular weight is 327 g/mol. The zero-order valence-corrected chi connectivity index (χ0v) is 13.5. The number of anilines is 1. The number of amides is 1. The summed E-state index contributed by atoms with van der Waals surface area (Å²) in [5, 5.41) is 11.2. The molecule has 0 aliphatic heterocycles. The third-order valence-corrected chi connectivity index (χ3v) is 3.70. The Hall–Kier alpha value is -2.96. The number of carbonyl (C=O) groups is 1. The molecule has 0 spiro atoms. The summed E-state index contributed by atoms with van der Waals surface area (Å²) in [5.74, 6) is -0.515. The van der Waals surface area contributed by atoms with Crippen LogP contribution in [0.5, 0.6) is 0 Å². The topological polar surface area (TPSA) is 64.7 Å². The van der Waals surface area contributed by atoms with Crippen molar-refractivity contribution in [2.75, 3.05) is 5.32 Å². The molecule has 3 rings (SSSR count). The summed E-state index contributed by atoms with van der Waals surface area (Å²) in [6.45, 7) is 4.76. The van der Waals surface area contributed by atoms with E-state index in [1.54, 1.807) is 53.1 Å². The molecule has 2 aromatic heterocycles. The zero-order valence-electron chi connectivity index (χ0n) is 13.5. The van der Waals surface area contributed by atoms with Gasteiger partial charge in [0.05, 0.1) is 29.7 Å². The van der Waals surface area contributed by atoms with Crippen LogP contribution in [0.25, 0.3) is 0 Å². The van der Waals surface area contributed by atoms with Crippen molar-refractivity contribution in [3.8, 4) is 0 Å². The van der Waals surface area contributed by atoms with Crippen molar-refractivity contribution in [2.45, 2.75) is 26.9 Å². The first kappa shape index (κ1) is 15.9. The van der Waals surface area contributed by atoms with Gasteiger partial charge in [0, 0.05) is 24.5 Å². The lowest BCUT2D eigenvalue weighted by Crippen LogP contribution is -2.12. The van der Waals surface area contributed by atoms with Crippen molar-refractivity contribution in [3.63, 3.8) is 0 Å². The van der Waals surface area contributed by atoms with Gasteiger partial charge in [0.15, 0.2) is 0 Å². The fourth-order valence-corrected chi connectivity index (χ4v) is 2.42. The fraction of sp³-hybridized carbons (Fsp3) is 0.235. The van der Waals surface area contributed by atoms with E-state index in [2.05, 4.69) is 15.5 Å². The Morgan fingerprint density at radius 1 is 1.25 bits per heavy atom. The number of hydrogen-bond acceptors (Lipinski definition) is 3. The minimum atomic E-state index is -0.277. The van der Waals surface area contributed by atoms with Gasteiger partial charge < -0.3 is 5.32 Å². The van der Waals surface area contributed by atoms with Gasteiger partial charge in [-0.3, -0.25) is 14.2 Å². The second kappa shape index (κ2) is 6.66. The quantitative estimate of drug-likeness (QED) is 0.784. The molecular formula is C17H18FN5O. The van der Waals surface area contributed by atoms with Gasteiger partial charge in [0.25, 0.3) is 5.91 Å². The standard InChI is InChI=1S/C17H18FN5O/c1-3-22-11-15(12(2)21-22)17(24)20-14-8-19-23(10-14)9-13-6-4-5-7-16(13)18/h4-8,10-11H,3,9H2,1-2H3,(H,20,24). The van der Waals surface area contributed by atoms with Gasteiger partial charge in [0.2, 0.25) is 0 Å². The number of rotatable bonds is 5. The molecule has 0 atom stereocenters. The summed E-state index contributed by atoms with van der Waals surface area (Å²) in [4.78, 5) is 12.3. The van der Waals surface area contributed by atoms with Crippen LogP contribution in [-0.2, 0) is 13.1 Å². The second-order valence-corrected chi connectivity index (χ2v) is 5.46. The van der Waals surface area contributed by atoms with E-state index < -0.39 is 0 Å². The van der Waals surface area contributed by atoms with Crippen LogP contribution in [0, 0.1) is 12.7 Å². The van der Waals surface area contributed by atoms with Crippen LogP contribution < -0.4 is 5.32 Å². The number of aromatic nitrogens is 4. The molecule has 0 bridgehead atoms. The molecule has 0 unspecified atom stereocenters. The Morgan fingerprint density at radius 2 is 2.04 bits per heavy atom. The lowest BCUT2D eigenvalue weighted by molar-refractivity contribution is 0.102. The van der Waals surface area contributed by atoms with Gasteiger partial charge in [-0.25, -0.2) is 4.39 Å². The zero-order chi connectivity index (χ0) is 17.1. The maximum atomic E-state index is 13.7. The highest BCUT2D eigenvalue weighted by molar-refractivity contribution is 6.04. The first-order valence-corrected chi connectivity index (χ1v) is 7.68. The van der Waals surface area contributed by atoms with Crippen LogP contribution in [0.2, 0.25) is 0 Å². The smallest absolute Gasteiger partial charge is 0.259 e. The summed E-state index contributed by atoms with van der Waals surface area (Å²) in [6.07, 6.45) is 4.93. The second-order valence-electron chi connectivity index (χ2n) is 5.46. The number of nitrogens with one attached hydrogen (secondary N) is 1. The summed E-state index contributed by atoms with van der Waals surface area (Å²) in [6, 6.07) is 6.54. The number of nitrogens with zero attached hydrogens (tertiary/aromatic N) is 4. The first-order chi connectivity index (χ1) is 11.6. The Morgan fingerprint density at radius 3 is 2.75 bits per heavy atom. The highest BCUT2D eigenvalue weighted by atomic mass is 19.1. The summed E-state index contributed by atoms with van der Waals surface area (Å²) < 4.78 is 17.0. The summed E-state index contributed by atoms with van der Waals surface area (Å²) in [7, 11) is 0. The molecule has 7 heteroatoms. The SMILES string of the molecule is CCn1cc(C(=O)Nc2cnn(Cc3ccccc3F)c2)c(C)n1. The number of hydrogen-bond donors (Lipinski definition) is 1. The van der Waals surface area contributed by atoms with Gasteiger partial charge in [-0.2, -0.15) is 10.2 Å². The molecule has 0 saturated heterocycles. The van der Waals surface area contributed by atoms with Crippen molar-refractivity contribution in [1.29, 1.82) is 0 Å². The highest BCUT2D eigenvalue weighted by Gasteiger charge is 2.14. The molecule has 3 aromatic rings. The summed E-state index contributed by atoms with van der Waals surface area (Å²) in [5.41, 5.74) is 2.30. The molecule has 6 nitrogen and oxygen atoms in total. The lowest BCUT2D eigenvalue weighted by Gasteiger charge is -2.03. The molecule has 1 amide bonds. The third-order valence-electron chi connectivity index (χ3n) is 3.70. The van der Waals surface area contributed by atoms with Gasteiger partial charge in [-0.05, 0) is 19.9 Å². The Labute approximate surface area is 138 Å². The predicted molar refractivity (Wildman–Crippen MR) is 88.3 cm³/mol. The van der Waals surface area contributed by atoms with E-state index in [1.807, 2.05) is 6.92 Å².